The Hall–Kier alpha value is -2.14. The number of nitrogens with zero attached hydrogens (tertiary/aromatic N) is 3. The van der Waals surface area contributed by atoms with Crippen LogP contribution in [0.15, 0.2) is 42.7 Å². The molecule has 122 valence electrons. The van der Waals surface area contributed by atoms with Crippen LogP contribution in [0.3, 0.4) is 0 Å². The van der Waals surface area contributed by atoms with Gasteiger partial charge in [0.1, 0.15) is 0 Å². The molecule has 1 aliphatic rings. The van der Waals surface area contributed by atoms with E-state index in [4.69, 9.17) is 0 Å². The predicted octanol–water partition coefficient (Wildman–Crippen LogP) is 1.77. The molecular formula is C18H24N4O. The van der Waals surface area contributed by atoms with E-state index < -0.39 is 0 Å². The van der Waals surface area contributed by atoms with Crippen molar-refractivity contribution in [3.05, 3.63) is 53.9 Å². The maximum absolute atomic E-state index is 13.0. The lowest BCUT2D eigenvalue weighted by molar-refractivity contribution is -0.135. The average molecular weight is 312 g/mol. The van der Waals surface area contributed by atoms with Crippen LogP contribution >= 0.6 is 0 Å². The molecule has 0 bridgehead atoms. The third kappa shape index (κ3) is 3.45. The van der Waals surface area contributed by atoms with E-state index in [1.807, 2.05) is 49.5 Å². The number of rotatable bonds is 5. The first kappa shape index (κ1) is 15.7. The van der Waals surface area contributed by atoms with E-state index in [1.54, 1.807) is 4.68 Å². The molecule has 0 saturated carbocycles. The second kappa shape index (κ2) is 6.96. The van der Waals surface area contributed by atoms with Gasteiger partial charge in [-0.1, -0.05) is 30.3 Å². The van der Waals surface area contributed by atoms with Crippen molar-refractivity contribution in [3.63, 3.8) is 0 Å². The minimum atomic E-state index is -0.0112. The number of nitrogens with one attached hydrogen (secondary N) is 1. The molecule has 0 aliphatic carbocycles. The summed E-state index contributed by atoms with van der Waals surface area (Å²) in [5, 5.41) is 7.62. The van der Waals surface area contributed by atoms with E-state index in [0.29, 0.717) is 6.54 Å². The number of carbonyl (C=O) groups excluding carboxylic acids is 1. The highest BCUT2D eigenvalue weighted by atomic mass is 16.2. The second-order valence-electron chi connectivity index (χ2n) is 6.16. The zero-order valence-corrected chi connectivity index (χ0v) is 13.8. The van der Waals surface area contributed by atoms with Gasteiger partial charge in [-0.05, 0) is 18.1 Å². The highest BCUT2D eigenvalue weighted by Crippen LogP contribution is 2.29. The van der Waals surface area contributed by atoms with Crippen LogP contribution in [0.5, 0.6) is 0 Å². The minimum absolute atomic E-state index is 0.0112. The van der Waals surface area contributed by atoms with Crippen LogP contribution in [0.1, 0.15) is 24.0 Å². The number of hydrogen-bond acceptors (Lipinski definition) is 3. The SMILES string of the molecule is CCN(Cc1ccccc1)C(=O)[C@H]1CNC[C@@H]1c1cnn(C)c1. The van der Waals surface area contributed by atoms with Gasteiger partial charge >= 0.3 is 0 Å². The summed E-state index contributed by atoms with van der Waals surface area (Å²) in [5.74, 6) is 0.430. The molecule has 23 heavy (non-hydrogen) atoms. The maximum Gasteiger partial charge on any atom is 0.227 e. The van der Waals surface area contributed by atoms with Crippen molar-refractivity contribution in [2.45, 2.75) is 19.4 Å². The van der Waals surface area contributed by atoms with Gasteiger partial charge in [0, 0.05) is 45.3 Å². The molecule has 1 saturated heterocycles. The summed E-state index contributed by atoms with van der Waals surface area (Å²) >= 11 is 0. The predicted molar refractivity (Wildman–Crippen MR) is 89.8 cm³/mol. The Labute approximate surface area is 137 Å². The first-order valence-electron chi connectivity index (χ1n) is 8.21. The Bertz CT molecular complexity index is 652. The Morgan fingerprint density at radius 1 is 1.35 bits per heavy atom. The Balaban J connectivity index is 1.74. The third-order valence-corrected chi connectivity index (χ3v) is 4.59. The fourth-order valence-corrected chi connectivity index (χ4v) is 3.30. The molecule has 1 amide bonds. The normalized spacial score (nSPS) is 20.6. The molecule has 0 radical (unpaired) electrons. The second-order valence-corrected chi connectivity index (χ2v) is 6.16. The fraction of sp³-hybridized carbons (Fsp3) is 0.444. The number of benzene rings is 1. The van der Waals surface area contributed by atoms with Crippen LogP contribution in [-0.4, -0.2) is 40.2 Å². The smallest absolute Gasteiger partial charge is 0.227 e. The summed E-state index contributed by atoms with van der Waals surface area (Å²) in [6.07, 6.45) is 3.90. The summed E-state index contributed by atoms with van der Waals surface area (Å²) < 4.78 is 1.80. The monoisotopic (exact) mass is 312 g/mol. The van der Waals surface area contributed by atoms with Crippen LogP contribution in [-0.2, 0) is 18.4 Å². The van der Waals surface area contributed by atoms with E-state index in [0.717, 1.165) is 25.2 Å². The summed E-state index contributed by atoms with van der Waals surface area (Å²) in [5.41, 5.74) is 2.32. The lowest BCUT2D eigenvalue weighted by Crippen LogP contribution is -2.38. The van der Waals surface area contributed by atoms with Crippen molar-refractivity contribution in [1.29, 1.82) is 0 Å². The van der Waals surface area contributed by atoms with Gasteiger partial charge in [-0.3, -0.25) is 9.48 Å². The molecule has 1 aliphatic heterocycles. The fourth-order valence-electron chi connectivity index (χ4n) is 3.30. The van der Waals surface area contributed by atoms with Gasteiger partial charge in [0.2, 0.25) is 5.91 Å². The van der Waals surface area contributed by atoms with Crippen LogP contribution in [0.4, 0.5) is 0 Å². The van der Waals surface area contributed by atoms with E-state index in [2.05, 4.69) is 22.5 Å². The molecule has 0 unspecified atom stereocenters. The van der Waals surface area contributed by atoms with Crippen molar-refractivity contribution in [2.75, 3.05) is 19.6 Å². The highest BCUT2D eigenvalue weighted by molar-refractivity contribution is 5.80. The van der Waals surface area contributed by atoms with E-state index in [9.17, 15) is 4.79 Å². The summed E-state index contributed by atoms with van der Waals surface area (Å²) in [6.45, 7) is 5.02. The van der Waals surface area contributed by atoms with Crippen LogP contribution in [0.2, 0.25) is 0 Å². The van der Waals surface area contributed by atoms with Crippen LogP contribution in [0.25, 0.3) is 0 Å². The standard InChI is InChI=1S/C18H24N4O/c1-3-22(12-14-7-5-4-6-8-14)18(23)17-11-19-10-16(17)15-9-20-21(2)13-15/h4-9,13,16-17,19H,3,10-12H2,1-2H3/t16-,17+/m1/s1. The van der Waals surface area contributed by atoms with Gasteiger partial charge in [0.15, 0.2) is 0 Å². The van der Waals surface area contributed by atoms with Crippen molar-refractivity contribution < 1.29 is 4.79 Å². The molecule has 5 nitrogen and oxygen atoms in total. The molecule has 3 rings (SSSR count). The average Bonchev–Trinajstić information content (AvgIpc) is 3.21. The molecule has 1 aromatic carbocycles. The highest BCUT2D eigenvalue weighted by Gasteiger charge is 2.36. The zero-order chi connectivity index (χ0) is 16.2. The molecule has 2 atom stereocenters. The molecule has 0 spiro atoms. The third-order valence-electron chi connectivity index (χ3n) is 4.59. The molecule has 1 aromatic heterocycles. The van der Waals surface area contributed by atoms with E-state index in [-0.39, 0.29) is 17.7 Å². The number of hydrogen-bond donors (Lipinski definition) is 1. The van der Waals surface area contributed by atoms with Crippen LogP contribution in [0, 0.1) is 5.92 Å². The van der Waals surface area contributed by atoms with Gasteiger partial charge in [-0.15, -0.1) is 0 Å². The minimum Gasteiger partial charge on any atom is -0.338 e. The first-order valence-corrected chi connectivity index (χ1v) is 8.21. The lowest BCUT2D eigenvalue weighted by Gasteiger charge is -2.26. The van der Waals surface area contributed by atoms with Gasteiger partial charge in [-0.25, -0.2) is 0 Å². The number of aryl methyl sites for hydroxylation is 1. The van der Waals surface area contributed by atoms with Crippen molar-refractivity contribution in [1.82, 2.24) is 20.0 Å². The Kier molecular flexibility index (Phi) is 4.76. The summed E-state index contributed by atoms with van der Waals surface area (Å²) in [4.78, 5) is 15.0. The number of carbonyl (C=O) groups is 1. The Morgan fingerprint density at radius 3 is 2.78 bits per heavy atom. The largest absolute Gasteiger partial charge is 0.338 e. The summed E-state index contributed by atoms with van der Waals surface area (Å²) in [7, 11) is 1.91. The van der Waals surface area contributed by atoms with Crippen molar-refractivity contribution in [3.8, 4) is 0 Å². The van der Waals surface area contributed by atoms with Gasteiger partial charge in [0.25, 0.3) is 0 Å². The molecule has 2 aromatic rings. The van der Waals surface area contributed by atoms with E-state index in [1.165, 1.54) is 5.56 Å². The van der Waals surface area contributed by atoms with Gasteiger partial charge in [-0.2, -0.15) is 5.10 Å². The van der Waals surface area contributed by atoms with Crippen molar-refractivity contribution >= 4 is 5.91 Å². The molecule has 2 heterocycles. The lowest BCUT2D eigenvalue weighted by atomic mass is 9.89. The number of amides is 1. The topological polar surface area (TPSA) is 50.2 Å². The van der Waals surface area contributed by atoms with Crippen LogP contribution < -0.4 is 5.32 Å². The van der Waals surface area contributed by atoms with Gasteiger partial charge in [0.05, 0.1) is 12.1 Å². The van der Waals surface area contributed by atoms with Gasteiger partial charge < -0.3 is 10.2 Å². The summed E-state index contributed by atoms with van der Waals surface area (Å²) in [6, 6.07) is 10.2. The Morgan fingerprint density at radius 2 is 2.13 bits per heavy atom. The quantitative estimate of drug-likeness (QED) is 0.915. The number of aromatic nitrogens is 2. The molecule has 1 N–H and O–H groups in total. The molecule has 1 fully saturated rings. The molecule has 5 heteroatoms. The zero-order valence-electron chi connectivity index (χ0n) is 13.8. The molecular weight excluding hydrogens is 288 g/mol. The first-order chi connectivity index (χ1) is 11.2. The van der Waals surface area contributed by atoms with Crippen molar-refractivity contribution in [2.24, 2.45) is 13.0 Å². The maximum atomic E-state index is 13.0. The van der Waals surface area contributed by atoms with E-state index >= 15 is 0 Å².